The van der Waals surface area contributed by atoms with Crippen molar-refractivity contribution in [1.29, 1.82) is 0 Å². The van der Waals surface area contributed by atoms with Crippen molar-refractivity contribution < 1.29 is 14.3 Å². The Hall–Kier alpha value is -2.47. The molecule has 0 saturated heterocycles. The minimum absolute atomic E-state index is 0.103. The number of anilines is 1. The number of methoxy groups -OCH3 is 1. The Balaban J connectivity index is 2.04. The van der Waals surface area contributed by atoms with E-state index in [0.29, 0.717) is 17.0 Å². The smallest absolute Gasteiger partial charge is 0.253 e. The zero-order valence-electron chi connectivity index (χ0n) is 17.3. The molecule has 0 spiro atoms. The van der Waals surface area contributed by atoms with Crippen molar-refractivity contribution in [3.8, 4) is 5.75 Å². The monoisotopic (exact) mass is 400 g/mol. The molecule has 0 bridgehead atoms. The van der Waals surface area contributed by atoms with Gasteiger partial charge in [-0.25, -0.2) is 0 Å². The molecule has 0 unspecified atom stereocenters. The molecule has 28 heavy (non-hydrogen) atoms. The number of nitrogens with zero attached hydrogens (tertiary/aromatic N) is 1. The Morgan fingerprint density at radius 2 is 1.71 bits per heavy atom. The van der Waals surface area contributed by atoms with E-state index in [1.807, 2.05) is 12.1 Å². The lowest BCUT2D eigenvalue weighted by Gasteiger charge is -2.19. The van der Waals surface area contributed by atoms with Crippen molar-refractivity contribution >= 4 is 29.3 Å². The van der Waals surface area contributed by atoms with Crippen LogP contribution in [0.15, 0.2) is 47.4 Å². The molecule has 2 aromatic rings. The number of benzene rings is 2. The van der Waals surface area contributed by atoms with Gasteiger partial charge in [-0.05, 0) is 41.3 Å². The molecule has 0 aliphatic carbocycles. The highest BCUT2D eigenvalue weighted by Gasteiger charge is 2.15. The van der Waals surface area contributed by atoms with Crippen LogP contribution in [0.4, 0.5) is 5.69 Å². The fourth-order valence-corrected chi connectivity index (χ4v) is 3.28. The lowest BCUT2D eigenvalue weighted by Crippen LogP contribution is -2.22. The Kier molecular flexibility index (Phi) is 7.13. The summed E-state index contributed by atoms with van der Waals surface area (Å²) in [6, 6.07) is 13.3. The van der Waals surface area contributed by atoms with Crippen LogP contribution < -0.4 is 10.1 Å². The highest BCUT2D eigenvalue weighted by Crippen LogP contribution is 2.28. The standard InChI is InChI=1S/C22H28N2O3S/c1-22(2,3)16-8-10-17(11-9-16)28-14-20(25)23-18-13-15(21(26)24(4)5)7-12-19(18)27-6/h7-13H,14H2,1-6H3,(H,23,25). The number of carbonyl (C=O) groups excluding carboxylic acids is 2. The third-order valence-electron chi connectivity index (χ3n) is 4.22. The number of carbonyl (C=O) groups is 2. The fraction of sp³-hybridized carbons (Fsp3) is 0.364. The summed E-state index contributed by atoms with van der Waals surface area (Å²) in [5.74, 6) is 0.497. The van der Waals surface area contributed by atoms with E-state index in [0.717, 1.165) is 4.90 Å². The normalized spacial score (nSPS) is 11.1. The van der Waals surface area contributed by atoms with E-state index in [2.05, 4.69) is 38.2 Å². The SMILES string of the molecule is COc1ccc(C(=O)N(C)C)cc1NC(=O)CSc1ccc(C(C)(C)C)cc1. The average molecular weight is 401 g/mol. The lowest BCUT2D eigenvalue weighted by molar-refractivity contribution is -0.113. The molecule has 0 aliphatic heterocycles. The number of hydrogen-bond acceptors (Lipinski definition) is 4. The Morgan fingerprint density at radius 3 is 2.25 bits per heavy atom. The van der Waals surface area contributed by atoms with Crippen LogP contribution >= 0.6 is 11.8 Å². The van der Waals surface area contributed by atoms with Gasteiger partial charge in [-0.15, -0.1) is 11.8 Å². The summed E-state index contributed by atoms with van der Waals surface area (Å²) in [6.07, 6.45) is 0. The van der Waals surface area contributed by atoms with Crippen LogP contribution in [-0.2, 0) is 10.2 Å². The molecule has 2 aromatic carbocycles. The predicted octanol–water partition coefficient (Wildman–Crippen LogP) is 4.43. The van der Waals surface area contributed by atoms with Gasteiger partial charge in [0.05, 0.1) is 18.6 Å². The Bertz CT molecular complexity index is 840. The van der Waals surface area contributed by atoms with Crippen LogP contribution in [0, 0.1) is 0 Å². The van der Waals surface area contributed by atoms with E-state index in [9.17, 15) is 9.59 Å². The number of ether oxygens (including phenoxy) is 1. The summed E-state index contributed by atoms with van der Waals surface area (Å²) < 4.78 is 5.30. The predicted molar refractivity (Wildman–Crippen MR) is 116 cm³/mol. The molecule has 0 saturated carbocycles. The largest absolute Gasteiger partial charge is 0.495 e. The van der Waals surface area contributed by atoms with Crippen LogP contribution in [-0.4, -0.2) is 43.7 Å². The van der Waals surface area contributed by atoms with Crippen molar-refractivity contribution in [2.45, 2.75) is 31.1 Å². The summed E-state index contributed by atoms with van der Waals surface area (Å²) in [7, 11) is 4.91. The zero-order chi connectivity index (χ0) is 20.9. The molecule has 0 aromatic heterocycles. The number of amides is 2. The van der Waals surface area contributed by atoms with Gasteiger partial charge in [0.1, 0.15) is 5.75 Å². The van der Waals surface area contributed by atoms with Crippen LogP contribution in [0.1, 0.15) is 36.7 Å². The van der Waals surface area contributed by atoms with Gasteiger partial charge in [0, 0.05) is 24.6 Å². The van der Waals surface area contributed by atoms with E-state index < -0.39 is 0 Å². The second-order valence-corrected chi connectivity index (χ2v) is 8.77. The highest BCUT2D eigenvalue weighted by molar-refractivity contribution is 8.00. The molecular weight excluding hydrogens is 372 g/mol. The first kappa shape index (κ1) is 21.8. The summed E-state index contributed by atoms with van der Waals surface area (Å²) in [5.41, 5.74) is 2.34. The van der Waals surface area contributed by atoms with Gasteiger partial charge in [-0.3, -0.25) is 9.59 Å². The van der Waals surface area contributed by atoms with Gasteiger partial charge in [0.25, 0.3) is 5.91 Å². The second-order valence-electron chi connectivity index (χ2n) is 7.73. The molecule has 0 heterocycles. The molecule has 0 fully saturated rings. The average Bonchev–Trinajstić information content (AvgIpc) is 2.65. The molecule has 0 atom stereocenters. The van der Waals surface area contributed by atoms with E-state index in [1.54, 1.807) is 32.3 Å². The van der Waals surface area contributed by atoms with Gasteiger partial charge in [-0.2, -0.15) is 0 Å². The molecule has 150 valence electrons. The quantitative estimate of drug-likeness (QED) is 0.729. The van der Waals surface area contributed by atoms with Crippen molar-refractivity contribution in [2.24, 2.45) is 0 Å². The van der Waals surface area contributed by atoms with Gasteiger partial charge in [0.15, 0.2) is 0 Å². The topological polar surface area (TPSA) is 58.6 Å². The molecule has 2 rings (SSSR count). The third-order valence-corrected chi connectivity index (χ3v) is 5.23. The van der Waals surface area contributed by atoms with E-state index in [-0.39, 0.29) is 23.0 Å². The fourth-order valence-electron chi connectivity index (χ4n) is 2.58. The third kappa shape index (κ3) is 5.76. The summed E-state index contributed by atoms with van der Waals surface area (Å²) in [6.45, 7) is 6.52. The summed E-state index contributed by atoms with van der Waals surface area (Å²) in [5, 5.41) is 2.85. The van der Waals surface area contributed by atoms with Crippen LogP contribution in [0.25, 0.3) is 0 Å². The van der Waals surface area contributed by atoms with Gasteiger partial charge < -0.3 is 15.0 Å². The van der Waals surface area contributed by atoms with Crippen LogP contribution in [0.2, 0.25) is 0 Å². The maximum atomic E-state index is 12.4. The molecular formula is C22H28N2O3S. The number of hydrogen-bond donors (Lipinski definition) is 1. The molecule has 1 N–H and O–H groups in total. The van der Waals surface area contributed by atoms with Crippen molar-refractivity contribution in [2.75, 3.05) is 32.3 Å². The van der Waals surface area contributed by atoms with Crippen molar-refractivity contribution in [3.63, 3.8) is 0 Å². The molecule has 0 aliphatic rings. The first-order chi connectivity index (χ1) is 13.1. The molecule has 6 heteroatoms. The van der Waals surface area contributed by atoms with E-state index >= 15 is 0 Å². The minimum atomic E-state index is -0.155. The first-order valence-electron chi connectivity index (χ1n) is 9.04. The van der Waals surface area contributed by atoms with E-state index in [4.69, 9.17) is 4.74 Å². The second kappa shape index (κ2) is 9.15. The maximum Gasteiger partial charge on any atom is 0.253 e. The molecule has 0 radical (unpaired) electrons. The lowest BCUT2D eigenvalue weighted by atomic mass is 9.87. The van der Waals surface area contributed by atoms with Gasteiger partial charge in [0.2, 0.25) is 5.91 Å². The van der Waals surface area contributed by atoms with Crippen LogP contribution in [0.3, 0.4) is 0 Å². The summed E-state index contributed by atoms with van der Waals surface area (Å²) in [4.78, 5) is 27.1. The zero-order valence-corrected chi connectivity index (χ0v) is 18.1. The Morgan fingerprint density at radius 1 is 1.07 bits per heavy atom. The minimum Gasteiger partial charge on any atom is -0.495 e. The van der Waals surface area contributed by atoms with Gasteiger partial charge in [-0.1, -0.05) is 32.9 Å². The summed E-state index contributed by atoms with van der Waals surface area (Å²) >= 11 is 1.47. The van der Waals surface area contributed by atoms with Gasteiger partial charge >= 0.3 is 0 Å². The van der Waals surface area contributed by atoms with Crippen LogP contribution in [0.5, 0.6) is 5.75 Å². The van der Waals surface area contributed by atoms with E-state index in [1.165, 1.54) is 29.3 Å². The number of nitrogens with one attached hydrogen (secondary N) is 1. The molecule has 2 amide bonds. The van der Waals surface area contributed by atoms with Crippen molar-refractivity contribution in [1.82, 2.24) is 4.90 Å². The highest BCUT2D eigenvalue weighted by atomic mass is 32.2. The number of thioether (sulfide) groups is 1. The first-order valence-corrected chi connectivity index (χ1v) is 10.0. The maximum absolute atomic E-state index is 12.4. The number of rotatable bonds is 6. The Labute approximate surface area is 171 Å². The van der Waals surface area contributed by atoms with Crippen molar-refractivity contribution in [3.05, 3.63) is 53.6 Å². The molecule has 5 nitrogen and oxygen atoms in total.